The summed E-state index contributed by atoms with van der Waals surface area (Å²) in [5, 5.41) is 7.33. The summed E-state index contributed by atoms with van der Waals surface area (Å²) in [4.78, 5) is 24.2. The molecule has 0 aliphatic rings. The van der Waals surface area contributed by atoms with E-state index in [4.69, 9.17) is 0 Å². The highest BCUT2D eigenvalue weighted by molar-refractivity contribution is 5.96. The number of benzene rings is 1. The normalized spacial score (nSPS) is 11.0. The van der Waals surface area contributed by atoms with Crippen LogP contribution in [0, 0.1) is 19.7 Å². The molecule has 1 aromatic heterocycles. The maximum Gasteiger partial charge on any atom is 0.224 e. The average molecular weight is 345 g/mol. The highest BCUT2D eigenvalue weighted by atomic mass is 19.1. The molecule has 0 aliphatic carbocycles. The maximum absolute atomic E-state index is 12.9. The largest absolute Gasteiger partial charge is 0.323 e. The van der Waals surface area contributed by atoms with Crippen LogP contribution in [0.3, 0.4) is 0 Å². The number of ketones is 1. The van der Waals surface area contributed by atoms with Crippen LogP contribution < -0.4 is 5.32 Å². The molecule has 1 N–H and O–H groups in total. The van der Waals surface area contributed by atoms with Gasteiger partial charge in [-0.15, -0.1) is 0 Å². The Morgan fingerprint density at radius 1 is 1.16 bits per heavy atom. The number of rotatable bonds is 7. The molecule has 0 saturated heterocycles. The number of hydrogen-bond acceptors (Lipinski definition) is 3. The third kappa shape index (κ3) is 4.75. The van der Waals surface area contributed by atoms with Gasteiger partial charge in [0.25, 0.3) is 0 Å². The van der Waals surface area contributed by atoms with E-state index in [1.54, 1.807) is 0 Å². The van der Waals surface area contributed by atoms with E-state index < -0.39 is 0 Å². The van der Waals surface area contributed by atoms with Crippen molar-refractivity contribution in [2.75, 3.05) is 5.32 Å². The number of nitrogens with zero attached hydrogens (tertiary/aromatic N) is 2. The van der Waals surface area contributed by atoms with Crippen molar-refractivity contribution < 1.29 is 14.0 Å². The SMILES string of the molecule is Cc1nn(C(C)C)c(C)c1NC(=O)CCCC(=O)c1ccc(F)cc1. The fourth-order valence-electron chi connectivity index (χ4n) is 2.74. The van der Waals surface area contributed by atoms with Crippen LogP contribution in [-0.2, 0) is 4.79 Å². The minimum Gasteiger partial charge on any atom is -0.323 e. The third-order valence-electron chi connectivity index (χ3n) is 4.05. The van der Waals surface area contributed by atoms with Gasteiger partial charge in [0.2, 0.25) is 5.91 Å². The van der Waals surface area contributed by atoms with Crippen LogP contribution in [-0.4, -0.2) is 21.5 Å². The molecule has 1 amide bonds. The maximum atomic E-state index is 12.9. The van der Waals surface area contributed by atoms with Crippen molar-refractivity contribution in [3.05, 3.63) is 47.0 Å². The standard InChI is InChI=1S/C19H24FN3O2/c1-12(2)23-14(4)19(13(3)22-23)21-18(25)7-5-6-17(24)15-8-10-16(20)11-9-15/h8-12H,5-7H2,1-4H3,(H,21,25). The molecular weight excluding hydrogens is 321 g/mol. The predicted molar refractivity (Wildman–Crippen MR) is 95.3 cm³/mol. The molecule has 1 heterocycles. The van der Waals surface area contributed by atoms with Gasteiger partial charge in [-0.1, -0.05) is 0 Å². The Bertz CT molecular complexity index is 764. The van der Waals surface area contributed by atoms with Crippen molar-refractivity contribution in [1.82, 2.24) is 9.78 Å². The van der Waals surface area contributed by atoms with Crippen LogP contribution in [0.4, 0.5) is 10.1 Å². The van der Waals surface area contributed by atoms with Gasteiger partial charge in [0.05, 0.1) is 17.1 Å². The van der Waals surface area contributed by atoms with E-state index in [1.165, 1.54) is 24.3 Å². The van der Waals surface area contributed by atoms with Crippen molar-refractivity contribution in [2.24, 2.45) is 0 Å². The van der Waals surface area contributed by atoms with Gasteiger partial charge >= 0.3 is 0 Å². The number of aryl methyl sites for hydroxylation is 1. The lowest BCUT2D eigenvalue weighted by molar-refractivity contribution is -0.116. The summed E-state index contributed by atoms with van der Waals surface area (Å²) in [5.41, 5.74) is 2.90. The Labute approximate surface area is 147 Å². The molecule has 0 spiro atoms. The molecule has 0 fully saturated rings. The van der Waals surface area contributed by atoms with Crippen LogP contribution in [0.1, 0.15) is 60.9 Å². The zero-order chi connectivity index (χ0) is 18.6. The van der Waals surface area contributed by atoms with E-state index in [0.29, 0.717) is 12.0 Å². The topological polar surface area (TPSA) is 64.0 Å². The Hall–Kier alpha value is -2.50. The summed E-state index contributed by atoms with van der Waals surface area (Å²) in [6.45, 7) is 7.85. The molecule has 2 rings (SSSR count). The van der Waals surface area contributed by atoms with Crippen LogP contribution in [0.5, 0.6) is 0 Å². The monoisotopic (exact) mass is 345 g/mol. The molecule has 5 nitrogen and oxygen atoms in total. The predicted octanol–water partition coefficient (Wildman–Crippen LogP) is 4.21. The first kappa shape index (κ1) is 18.8. The summed E-state index contributed by atoms with van der Waals surface area (Å²) in [6, 6.07) is 5.67. The van der Waals surface area contributed by atoms with E-state index in [9.17, 15) is 14.0 Å². The van der Waals surface area contributed by atoms with Gasteiger partial charge < -0.3 is 5.32 Å². The first-order valence-electron chi connectivity index (χ1n) is 8.44. The fraction of sp³-hybridized carbons (Fsp3) is 0.421. The molecular formula is C19H24FN3O2. The molecule has 25 heavy (non-hydrogen) atoms. The smallest absolute Gasteiger partial charge is 0.224 e. The highest BCUT2D eigenvalue weighted by Crippen LogP contribution is 2.22. The fourth-order valence-corrected chi connectivity index (χ4v) is 2.74. The van der Waals surface area contributed by atoms with Crippen molar-refractivity contribution in [3.8, 4) is 0 Å². The summed E-state index contributed by atoms with van der Waals surface area (Å²) >= 11 is 0. The van der Waals surface area contributed by atoms with Gasteiger partial charge in [0.1, 0.15) is 5.82 Å². The van der Waals surface area contributed by atoms with E-state index in [2.05, 4.69) is 10.4 Å². The van der Waals surface area contributed by atoms with Crippen molar-refractivity contribution >= 4 is 17.4 Å². The Balaban J connectivity index is 1.87. The van der Waals surface area contributed by atoms with Gasteiger partial charge in [-0.3, -0.25) is 14.3 Å². The number of Topliss-reactive ketones (excluding diaryl/α,β-unsaturated/α-hetero) is 1. The van der Waals surface area contributed by atoms with Crippen molar-refractivity contribution in [2.45, 2.75) is 53.0 Å². The Morgan fingerprint density at radius 3 is 2.36 bits per heavy atom. The second-order valence-corrected chi connectivity index (χ2v) is 6.42. The molecule has 2 aromatic rings. The zero-order valence-electron chi connectivity index (χ0n) is 15.1. The number of halogens is 1. The number of anilines is 1. The van der Waals surface area contributed by atoms with Crippen LogP contribution in [0.25, 0.3) is 0 Å². The summed E-state index contributed by atoms with van der Waals surface area (Å²) in [7, 11) is 0. The van der Waals surface area contributed by atoms with Gasteiger partial charge in [0.15, 0.2) is 5.78 Å². The van der Waals surface area contributed by atoms with E-state index in [-0.39, 0.29) is 36.4 Å². The van der Waals surface area contributed by atoms with E-state index >= 15 is 0 Å². The molecule has 0 saturated carbocycles. The number of carbonyl (C=O) groups excluding carboxylic acids is 2. The average Bonchev–Trinajstić information content (AvgIpc) is 2.83. The van der Waals surface area contributed by atoms with Gasteiger partial charge in [0, 0.05) is 24.4 Å². The molecule has 0 unspecified atom stereocenters. The van der Waals surface area contributed by atoms with Gasteiger partial charge in [-0.2, -0.15) is 5.10 Å². The molecule has 1 aromatic carbocycles. The minimum atomic E-state index is -0.372. The lowest BCUT2D eigenvalue weighted by Gasteiger charge is -2.09. The molecule has 134 valence electrons. The highest BCUT2D eigenvalue weighted by Gasteiger charge is 2.16. The lowest BCUT2D eigenvalue weighted by Crippen LogP contribution is -2.13. The summed E-state index contributed by atoms with van der Waals surface area (Å²) in [6.07, 6.45) is 0.944. The van der Waals surface area contributed by atoms with Crippen LogP contribution in [0.2, 0.25) is 0 Å². The number of hydrogen-bond donors (Lipinski definition) is 1. The number of carbonyl (C=O) groups is 2. The number of aromatic nitrogens is 2. The number of nitrogens with one attached hydrogen (secondary N) is 1. The summed E-state index contributed by atoms with van der Waals surface area (Å²) in [5.74, 6) is -0.599. The number of amides is 1. The van der Waals surface area contributed by atoms with E-state index in [0.717, 1.165) is 17.1 Å². The summed E-state index contributed by atoms with van der Waals surface area (Å²) < 4.78 is 14.7. The van der Waals surface area contributed by atoms with Crippen molar-refractivity contribution in [3.63, 3.8) is 0 Å². The van der Waals surface area contributed by atoms with Gasteiger partial charge in [-0.25, -0.2) is 4.39 Å². The van der Waals surface area contributed by atoms with Crippen LogP contribution in [0.15, 0.2) is 24.3 Å². The minimum absolute atomic E-state index is 0.0900. The Kier molecular flexibility index (Phi) is 6.07. The van der Waals surface area contributed by atoms with Crippen molar-refractivity contribution in [1.29, 1.82) is 0 Å². The third-order valence-corrected chi connectivity index (χ3v) is 4.05. The zero-order valence-corrected chi connectivity index (χ0v) is 15.1. The molecule has 0 bridgehead atoms. The first-order chi connectivity index (χ1) is 11.8. The lowest BCUT2D eigenvalue weighted by atomic mass is 10.1. The second-order valence-electron chi connectivity index (χ2n) is 6.42. The first-order valence-corrected chi connectivity index (χ1v) is 8.44. The second kappa shape index (κ2) is 8.05. The van der Waals surface area contributed by atoms with E-state index in [1.807, 2.05) is 32.4 Å². The quantitative estimate of drug-likeness (QED) is 0.765. The molecule has 0 atom stereocenters. The Morgan fingerprint density at radius 2 is 1.80 bits per heavy atom. The molecule has 6 heteroatoms. The van der Waals surface area contributed by atoms with Gasteiger partial charge in [-0.05, 0) is 58.4 Å². The molecule has 0 aliphatic heterocycles. The molecule has 0 radical (unpaired) electrons. The van der Waals surface area contributed by atoms with Crippen LogP contribution >= 0.6 is 0 Å².